The Morgan fingerprint density at radius 1 is 1.19 bits per heavy atom. The van der Waals surface area contributed by atoms with Crippen molar-refractivity contribution in [3.8, 4) is 0 Å². The van der Waals surface area contributed by atoms with Crippen LogP contribution in [0.1, 0.15) is 35.6 Å². The number of aryl methyl sites for hydroxylation is 2. The van der Waals surface area contributed by atoms with Crippen LogP contribution in [0.5, 0.6) is 0 Å². The monoisotopic (exact) mass is 281 g/mol. The predicted molar refractivity (Wildman–Crippen MR) is 83.7 cm³/mol. The Bertz CT molecular complexity index is 783. The number of hydrogen-bond donors (Lipinski definition) is 0. The second kappa shape index (κ2) is 5.56. The number of benzene rings is 1. The fourth-order valence-corrected chi connectivity index (χ4v) is 2.69. The van der Waals surface area contributed by atoms with E-state index in [1.807, 2.05) is 18.2 Å². The summed E-state index contributed by atoms with van der Waals surface area (Å²) in [5.41, 5.74) is 4.20. The van der Waals surface area contributed by atoms with Gasteiger partial charge in [0.2, 0.25) is 0 Å². The fourth-order valence-electron chi connectivity index (χ4n) is 2.69. The van der Waals surface area contributed by atoms with E-state index in [2.05, 4.69) is 46.5 Å². The van der Waals surface area contributed by atoms with Gasteiger partial charge in [0, 0.05) is 29.2 Å². The van der Waals surface area contributed by atoms with Crippen molar-refractivity contribution in [3.05, 3.63) is 53.5 Å². The van der Waals surface area contributed by atoms with Gasteiger partial charge in [0.15, 0.2) is 0 Å². The van der Waals surface area contributed by atoms with E-state index in [0.717, 1.165) is 42.4 Å². The topological polar surface area (TPSA) is 39.8 Å². The molecule has 0 aliphatic carbocycles. The Balaban J connectivity index is 1.98. The highest BCUT2D eigenvalue weighted by Crippen LogP contribution is 2.19. The maximum absolute atomic E-state index is 10.8. The number of hydrogen-bond acceptors (Lipinski definition) is 2. The third-order valence-corrected chi connectivity index (χ3v) is 3.84. The van der Waals surface area contributed by atoms with Gasteiger partial charge in [-0.3, -0.25) is 9.48 Å². The van der Waals surface area contributed by atoms with Gasteiger partial charge in [0.1, 0.15) is 6.29 Å². The molecule has 0 bridgehead atoms. The van der Waals surface area contributed by atoms with Crippen molar-refractivity contribution < 1.29 is 4.79 Å². The highest BCUT2D eigenvalue weighted by molar-refractivity contribution is 5.87. The van der Waals surface area contributed by atoms with Crippen molar-refractivity contribution in [1.82, 2.24) is 14.3 Å². The first-order valence-electron chi connectivity index (χ1n) is 7.34. The summed E-state index contributed by atoms with van der Waals surface area (Å²) in [6, 6.07) is 10.0. The lowest BCUT2D eigenvalue weighted by molar-refractivity contribution is 0.112. The molecule has 3 rings (SSSR count). The highest BCUT2D eigenvalue weighted by atomic mass is 16.1. The average Bonchev–Trinajstić information content (AvgIpc) is 3.11. The maximum atomic E-state index is 10.8. The Hall–Kier alpha value is -2.36. The van der Waals surface area contributed by atoms with Crippen LogP contribution in [0.15, 0.2) is 36.5 Å². The van der Waals surface area contributed by atoms with Gasteiger partial charge >= 0.3 is 0 Å². The molecule has 4 heteroatoms. The summed E-state index contributed by atoms with van der Waals surface area (Å²) in [4.78, 5) is 10.8. The molecular formula is C17H19N3O. The van der Waals surface area contributed by atoms with Crippen molar-refractivity contribution in [2.24, 2.45) is 0 Å². The molecule has 0 aliphatic rings. The minimum absolute atomic E-state index is 0.715. The Morgan fingerprint density at radius 3 is 2.76 bits per heavy atom. The van der Waals surface area contributed by atoms with Crippen LogP contribution >= 0.6 is 0 Å². The van der Waals surface area contributed by atoms with Crippen LogP contribution < -0.4 is 0 Å². The maximum Gasteiger partial charge on any atom is 0.150 e. The summed E-state index contributed by atoms with van der Waals surface area (Å²) in [5, 5.41) is 5.69. The lowest BCUT2D eigenvalue weighted by Crippen LogP contribution is -2.07. The SMILES string of the molecule is CCc1cc(Cn2ccc3cc(C=O)ccc32)n(CC)n1. The summed E-state index contributed by atoms with van der Waals surface area (Å²) >= 11 is 0. The van der Waals surface area contributed by atoms with Crippen LogP contribution in [0, 0.1) is 0 Å². The largest absolute Gasteiger partial charge is 0.341 e. The van der Waals surface area contributed by atoms with Crippen molar-refractivity contribution in [2.45, 2.75) is 33.4 Å². The molecule has 3 aromatic rings. The molecule has 0 atom stereocenters. The molecule has 0 N–H and O–H groups in total. The van der Waals surface area contributed by atoms with Crippen molar-refractivity contribution in [1.29, 1.82) is 0 Å². The molecule has 1 aromatic carbocycles. The first-order valence-corrected chi connectivity index (χ1v) is 7.34. The Labute approximate surface area is 124 Å². The van der Waals surface area contributed by atoms with E-state index in [9.17, 15) is 4.79 Å². The van der Waals surface area contributed by atoms with E-state index < -0.39 is 0 Å². The lowest BCUT2D eigenvalue weighted by Gasteiger charge is -2.07. The number of rotatable bonds is 5. The number of aromatic nitrogens is 3. The smallest absolute Gasteiger partial charge is 0.150 e. The summed E-state index contributed by atoms with van der Waals surface area (Å²) in [6.07, 6.45) is 3.91. The molecule has 0 unspecified atom stereocenters. The van der Waals surface area contributed by atoms with E-state index in [1.165, 1.54) is 5.69 Å². The molecule has 4 nitrogen and oxygen atoms in total. The summed E-state index contributed by atoms with van der Waals surface area (Å²) in [7, 11) is 0. The minimum atomic E-state index is 0.715. The summed E-state index contributed by atoms with van der Waals surface area (Å²) in [5.74, 6) is 0. The third-order valence-electron chi connectivity index (χ3n) is 3.84. The number of nitrogens with zero attached hydrogens (tertiary/aromatic N) is 3. The van der Waals surface area contributed by atoms with E-state index >= 15 is 0 Å². The van der Waals surface area contributed by atoms with Gasteiger partial charge in [-0.25, -0.2) is 0 Å². The lowest BCUT2D eigenvalue weighted by atomic mass is 10.2. The highest BCUT2D eigenvalue weighted by Gasteiger charge is 2.08. The number of carbonyl (C=O) groups is 1. The second-order valence-electron chi connectivity index (χ2n) is 5.18. The van der Waals surface area contributed by atoms with Crippen LogP contribution in [0.3, 0.4) is 0 Å². The molecule has 0 aliphatic heterocycles. The van der Waals surface area contributed by atoms with E-state index in [1.54, 1.807) is 0 Å². The molecule has 21 heavy (non-hydrogen) atoms. The Kier molecular flexibility index (Phi) is 3.60. The van der Waals surface area contributed by atoms with Gasteiger partial charge in [-0.15, -0.1) is 0 Å². The molecule has 0 amide bonds. The fraction of sp³-hybridized carbons (Fsp3) is 0.294. The normalized spacial score (nSPS) is 11.1. The van der Waals surface area contributed by atoms with Crippen molar-refractivity contribution >= 4 is 17.2 Å². The van der Waals surface area contributed by atoms with Gasteiger partial charge < -0.3 is 4.57 Å². The van der Waals surface area contributed by atoms with E-state index in [0.29, 0.717) is 5.56 Å². The summed E-state index contributed by atoms with van der Waals surface area (Å²) < 4.78 is 4.26. The zero-order valence-electron chi connectivity index (χ0n) is 12.4. The van der Waals surface area contributed by atoms with Crippen LogP contribution in [0.25, 0.3) is 10.9 Å². The van der Waals surface area contributed by atoms with Crippen LogP contribution in [0.4, 0.5) is 0 Å². The van der Waals surface area contributed by atoms with Crippen LogP contribution in [-0.2, 0) is 19.5 Å². The van der Waals surface area contributed by atoms with Crippen molar-refractivity contribution in [2.75, 3.05) is 0 Å². The molecule has 0 saturated carbocycles. The number of fused-ring (bicyclic) bond motifs is 1. The number of carbonyl (C=O) groups excluding carboxylic acids is 1. The van der Waals surface area contributed by atoms with Gasteiger partial charge in [-0.1, -0.05) is 6.92 Å². The molecule has 108 valence electrons. The first kappa shape index (κ1) is 13.6. The standard InChI is InChI=1S/C17H19N3O/c1-3-15-10-16(20(4-2)18-15)11-19-8-7-14-9-13(12-21)5-6-17(14)19/h5-10,12H,3-4,11H2,1-2H3. The summed E-state index contributed by atoms with van der Waals surface area (Å²) in [6.45, 7) is 5.91. The number of aldehydes is 1. The van der Waals surface area contributed by atoms with Gasteiger partial charge in [-0.2, -0.15) is 5.10 Å². The van der Waals surface area contributed by atoms with Crippen LogP contribution in [0.2, 0.25) is 0 Å². The van der Waals surface area contributed by atoms with E-state index in [-0.39, 0.29) is 0 Å². The van der Waals surface area contributed by atoms with Gasteiger partial charge in [0.25, 0.3) is 0 Å². The molecular weight excluding hydrogens is 262 g/mol. The zero-order chi connectivity index (χ0) is 14.8. The minimum Gasteiger partial charge on any atom is -0.341 e. The Morgan fingerprint density at radius 2 is 2.05 bits per heavy atom. The van der Waals surface area contributed by atoms with Crippen LogP contribution in [-0.4, -0.2) is 20.6 Å². The molecule has 2 heterocycles. The molecule has 0 radical (unpaired) electrons. The van der Waals surface area contributed by atoms with Gasteiger partial charge in [-0.05, 0) is 43.7 Å². The predicted octanol–water partition coefficient (Wildman–Crippen LogP) is 3.28. The molecule has 0 spiro atoms. The average molecular weight is 281 g/mol. The first-order chi connectivity index (χ1) is 10.2. The van der Waals surface area contributed by atoms with Crippen molar-refractivity contribution in [3.63, 3.8) is 0 Å². The molecule has 2 aromatic heterocycles. The third kappa shape index (κ3) is 2.49. The molecule has 0 saturated heterocycles. The molecule has 0 fully saturated rings. The quantitative estimate of drug-likeness (QED) is 0.673. The van der Waals surface area contributed by atoms with E-state index in [4.69, 9.17) is 0 Å². The van der Waals surface area contributed by atoms with Gasteiger partial charge in [0.05, 0.1) is 17.9 Å². The second-order valence-corrected chi connectivity index (χ2v) is 5.18. The zero-order valence-corrected chi connectivity index (χ0v) is 12.4.